The normalized spacial score (nSPS) is 11.3. The van der Waals surface area contributed by atoms with Crippen LogP contribution in [0.4, 0.5) is 17.3 Å². The second kappa shape index (κ2) is 10.2. The summed E-state index contributed by atoms with van der Waals surface area (Å²) >= 11 is 0. The van der Waals surface area contributed by atoms with Crippen molar-refractivity contribution in [3.63, 3.8) is 0 Å². The Kier molecular flexibility index (Phi) is 7.07. The molecule has 0 saturated heterocycles. The van der Waals surface area contributed by atoms with Crippen LogP contribution in [0.2, 0.25) is 0 Å². The van der Waals surface area contributed by atoms with Gasteiger partial charge in [-0.25, -0.2) is 13.4 Å². The molecule has 0 bridgehead atoms. The molecule has 4 aromatic rings. The first-order valence-corrected chi connectivity index (χ1v) is 12.9. The zero-order valence-electron chi connectivity index (χ0n) is 20.2. The summed E-state index contributed by atoms with van der Waals surface area (Å²) in [6, 6.07) is 19.8. The summed E-state index contributed by atoms with van der Waals surface area (Å²) in [4.78, 5) is 31.1. The maximum Gasteiger partial charge on any atom is 0.261 e. The second-order valence-electron chi connectivity index (χ2n) is 8.29. The number of aromatic nitrogens is 2. The van der Waals surface area contributed by atoms with Gasteiger partial charge in [0.2, 0.25) is 11.9 Å². The Morgan fingerprint density at radius 1 is 1.00 bits per heavy atom. The van der Waals surface area contributed by atoms with E-state index >= 15 is 0 Å². The molecule has 10 heteroatoms. The zero-order chi connectivity index (χ0) is 25.9. The fourth-order valence-corrected chi connectivity index (χ4v) is 4.84. The van der Waals surface area contributed by atoms with Crippen LogP contribution in [0.1, 0.15) is 30.6 Å². The Bertz CT molecular complexity index is 1530. The van der Waals surface area contributed by atoms with Crippen molar-refractivity contribution in [2.45, 2.75) is 31.7 Å². The van der Waals surface area contributed by atoms with Crippen LogP contribution in [0.5, 0.6) is 0 Å². The summed E-state index contributed by atoms with van der Waals surface area (Å²) in [6.07, 6.45) is 0.820. The maximum absolute atomic E-state index is 13.1. The fourth-order valence-electron chi connectivity index (χ4n) is 3.77. The molecule has 186 valence electrons. The Morgan fingerprint density at radius 3 is 2.44 bits per heavy atom. The van der Waals surface area contributed by atoms with E-state index in [2.05, 4.69) is 15.0 Å². The molecule has 0 aliphatic rings. The van der Waals surface area contributed by atoms with Gasteiger partial charge in [-0.05, 0) is 55.0 Å². The average Bonchev–Trinajstić information content (AvgIpc) is 3.20. The van der Waals surface area contributed by atoms with Crippen LogP contribution in [0.15, 0.2) is 77.7 Å². The number of hydrogen-bond acceptors (Lipinski definition) is 5. The summed E-state index contributed by atoms with van der Waals surface area (Å²) in [6.45, 7) is 4.14. The van der Waals surface area contributed by atoms with Crippen LogP contribution >= 0.6 is 0 Å². The topological polar surface area (TPSA) is 113 Å². The van der Waals surface area contributed by atoms with Crippen LogP contribution in [-0.2, 0) is 21.4 Å². The summed E-state index contributed by atoms with van der Waals surface area (Å²) in [7, 11) is -2.10. The molecule has 0 spiro atoms. The number of rotatable bonds is 8. The Morgan fingerprint density at radius 2 is 1.75 bits per heavy atom. The lowest BCUT2D eigenvalue weighted by Crippen LogP contribution is -2.22. The number of carbonyl (C=O) groups is 2. The van der Waals surface area contributed by atoms with Crippen molar-refractivity contribution in [3.8, 4) is 0 Å². The van der Waals surface area contributed by atoms with E-state index in [4.69, 9.17) is 0 Å². The second-order valence-corrected chi connectivity index (χ2v) is 9.97. The first-order chi connectivity index (χ1) is 17.2. The van der Waals surface area contributed by atoms with Gasteiger partial charge in [-0.3, -0.25) is 19.6 Å². The number of anilines is 3. The average molecular weight is 506 g/mol. The van der Waals surface area contributed by atoms with E-state index in [0.717, 1.165) is 11.9 Å². The smallest absolute Gasteiger partial charge is 0.261 e. The minimum atomic E-state index is -3.79. The summed E-state index contributed by atoms with van der Waals surface area (Å²) in [5.74, 6) is -0.155. The molecule has 0 aliphatic carbocycles. The van der Waals surface area contributed by atoms with E-state index in [0.29, 0.717) is 23.7 Å². The molecule has 1 aromatic heterocycles. The Hall–Kier alpha value is -4.18. The summed E-state index contributed by atoms with van der Waals surface area (Å²) < 4.78 is 29.7. The van der Waals surface area contributed by atoms with Gasteiger partial charge in [0.25, 0.3) is 15.9 Å². The molecule has 0 saturated carbocycles. The maximum atomic E-state index is 13.1. The number of nitrogens with zero attached hydrogens (tertiary/aromatic N) is 3. The highest BCUT2D eigenvalue weighted by Gasteiger charge is 2.18. The van der Waals surface area contributed by atoms with Gasteiger partial charge in [-0.2, -0.15) is 0 Å². The molecule has 0 aliphatic heterocycles. The SMILES string of the molecule is CCCn1c(NC(=O)c2cccc(NS(=O)(=O)c3ccccc3)c2)nc2cc(N(C)C(C)=O)ccc21. The van der Waals surface area contributed by atoms with E-state index in [9.17, 15) is 18.0 Å². The highest BCUT2D eigenvalue weighted by molar-refractivity contribution is 7.92. The van der Waals surface area contributed by atoms with Crippen molar-refractivity contribution < 1.29 is 18.0 Å². The van der Waals surface area contributed by atoms with E-state index < -0.39 is 15.9 Å². The van der Waals surface area contributed by atoms with Gasteiger partial charge in [0.1, 0.15) is 0 Å². The van der Waals surface area contributed by atoms with Crippen molar-refractivity contribution in [3.05, 3.63) is 78.4 Å². The summed E-state index contributed by atoms with van der Waals surface area (Å²) in [5, 5.41) is 2.85. The number of sulfonamides is 1. The van der Waals surface area contributed by atoms with E-state index in [1.807, 2.05) is 23.6 Å². The van der Waals surface area contributed by atoms with E-state index in [1.54, 1.807) is 49.5 Å². The molecule has 0 unspecified atom stereocenters. The quantitative estimate of drug-likeness (QED) is 0.367. The first-order valence-electron chi connectivity index (χ1n) is 11.4. The predicted molar refractivity (Wildman–Crippen MR) is 141 cm³/mol. The van der Waals surface area contributed by atoms with Crippen LogP contribution in [-0.4, -0.2) is 36.8 Å². The summed E-state index contributed by atoms with van der Waals surface area (Å²) in [5.41, 5.74) is 2.72. The number of nitrogens with one attached hydrogen (secondary N) is 2. The molecule has 9 nitrogen and oxygen atoms in total. The molecule has 0 atom stereocenters. The Balaban J connectivity index is 1.61. The molecule has 1 heterocycles. The fraction of sp³-hybridized carbons (Fsp3) is 0.192. The third-order valence-corrected chi connectivity index (χ3v) is 7.09. The molecular formula is C26H27N5O4S. The van der Waals surface area contributed by atoms with Gasteiger partial charge >= 0.3 is 0 Å². The number of carbonyl (C=O) groups excluding carboxylic acids is 2. The van der Waals surface area contributed by atoms with Gasteiger partial charge in [0, 0.05) is 37.5 Å². The minimum Gasteiger partial charge on any atom is -0.316 e. The lowest BCUT2D eigenvalue weighted by atomic mass is 10.2. The molecular weight excluding hydrogens is 478 g/mol. The van der Waals surface area contributed by atoms with Gasteiger partial charge in [0.15, 0.2) is 0 Å². The predicted octanol–water partition coefficient (Wildman–Crippen LogP) is 4.48. The van der Waals surface area contributed by atoms with Crippen molar-refractivity contribution in [2.75, 3.05) is 22.0 Å². The standard InChI is InChI=1S/C26H27N5O4S/c1-4-15-31-24-14-13-21(30(3)18(2)32)17-23(24)27-26(31)28-25(33)19-9-8-10-20(16-19)29-36(34,35)22-11-6-5-7-12-22/h5-14,16-17,29H,4,15H2,1-3H3,(H,27,28,33). The lowest BCUT2D eigenvalue weighted by Gasteiger charge is -2.14. The number of benzene rings is 3. The lowest BCUT2D eigenvalue weighted by molar-refractivity contribution is -0.116. The van der Waals surface area contributed by atoms with Crippen molar-refractivity contribution in [2.24, 2.45) is 0 Å². The van der Waals surface area contributed by atoms with Crippen LogP contribution in [0.3, 0.4) is 0 Å². The molecule has 4 rings (SSSR count). The van der Waals surface area contributed by atoms with E-state index in [-0.39, 0.29) is 22.1 Å². The number of fused-ring (bicyclic) bond motifs is 1. The number of amides is 2. The van der Waals surface area contributed by atoms with Crippen molar-refractivity contribution in [1.82, 2.24) is 9.55 Å². The van der Waals surface area contributed by atoms with Crippen LogP contribution in [0, 0.1) is 0 Å². The highest BCUT2D eigenvalue weighted by atomic mass is 32.2. The Labute approximate surface area is 209 Å². The van der Waals surface area contributed by atoms with Gasteiger partial charge in [-0.1, -0.05) is 31.2 Å². The first kappa shape index (κ1) is 24.9. The highest BCUT2D eigenvalue weighted by Crippen LogP contribution is 2.26. The van der Waals surface area contributed by atoms with Crippen molar-refractivity contribution >= 4 is 50.2 Å². The molecule has 0 radical (unpaired) electrons. The third kappa shape index (κ3) is 5.23. The van der Waals surface area contributed by atoms with Crippen molar-refractivity contribution in [1.29, 1.82) is 0 Å². The molecule has 2 N–H and O–H groups in total. The molecule has 3 aromatic carbocycles. The zero-order valence-corrected chi connectivity index (χ0v) is 21.0. The minimum absolute atomic E-state index is 0.0985. The van der Waals surface area contributed by atoms with E-state index in [1.165, 1.54) is 30.0 Å². The number of imidazole rings is 1. The van der Waals surface area contributed by atoms with Gasteiger partial charge in [-0.15, -0.1) is 0 Å². The van der Waals surface area contributed by atoms with Crippen LogP contribution < -0.4 is 14.9 Å². The monoisotopic (exact) mass is 505 g/mol. The molecule has 2 amide bonds. The largest absolute Gasteiger partial charge is 0.316 e. The number of hydrogen-bond donors (Lipinski definition) is 2. The molecule has 0 fully saturated rings. The van der Waals surface area contributed by atoms with Gasteiger partial charge in [0.05, 0.1) is 15.9 Å². The third-order valence-electron chi connectivity index (χ3n) is 5.69. The number of aryl methyl sites for hydroxylation is 1. The van der Waals surface area contributed by atoms with Crippen LogP contribution in [0.25, 0.3) is 11.0 Å². The molecule has 36 heavy (non-hydrogen) atoms. The van der Waals surface area contributed by atoms with Gasteiger partial charge < -0.3 is 9.47 Å².